The lowest BCUT2D eigenvalue weighted by molar-refractivity contribution is -0.338. The molecule has 2 heterocycles. The zero-order valence-corrected chi connectivity index (χ0v) is 15.6. The topological polar surface area (TPSA) is 227 Å². The second kappa shape index (κ2) is 9.45. The van der Waals surface area contributed by atoms with Crippen LogP contribution in [0.2, 0.25) is 0 Å². The van der Waals surface area contributed by atoms with E-state index in [9.17, 15) is 45.6 Å². The lowest BCUT2D eigenvalue weighted by atomic mass is 9.84. The van der Waals surface area contributed by atoms with E-state index in [0.717, 1.165) is 0 Å². The van der Waals surface area contributed by atoms with Crippen molar-refractivity contribution in [2.24, 2.45) is 5.92 Å². The zero-order chi connectivity index (χ0) is 22.1. The predicted molar refractivity (Wildman–Crippen MR) is 89.0 cm³/mol. The summed E-state index contributed by atoms with van der Waals surface area (Å²) in [5.74, 6) is -5.05. The number of carbonyl (C=O) groups is 1. The summed E-state index contributed by atoms with van der Waals surface area (Å²) in [6, 6.07) is 0. The standard InChI is InChI=1S/C16H28O13/c1-5-6(18)2-16(15(25)26,29-13(5)9(20)7(19)3-17)27-4-8-10(21)11(22)12(23)14(24)28-8/h5-14,17-24H,2-4H2,1H3,(H,25,26)/t5-,6-,7-,8?,9-,10-,11+,12?,13?,14-,16-/m1/s1. The van der Waals surface area contributed by atoms with Crippen molar-refractivity contribution in [2.45, 2.75) is 74.3 Å². The Morgan fingerprint density at radius 2 is 1.76 bits per heavy atom. The van der Waals surface area contributed by atoms with Crippen LogP contribution in [0.15, 0.2) is 0 Å². The molecule has 0 radical (unpaired) electrons. The van der Waals surface area contributed by atoms with E-state index in [1.165, 1.54) is 6.92 Å². The van der Waals surface area contributed by atoms with Gasteiger partial charge in [0.1, 0.15) is 36.6 Å². The van der Waals surface area contributed by atoms with Crippen LogP contribution in [0.1, 0.15) is 13.3 Å². The molecule has 0 bridgehead atoms. The third-order valence-corrected chi connectivity index (χ3v) is 5.34. The van der Waals surface area contributed by atoms with Crippen molar-refractivity contribution in [2.75, 3.05) is 13.2 Å². The van der Waals surface area contributed by atoms with Gasteiger partial charge in [0.2, 0.25) is 0 Å². The Kier molecular flexibility index (Phi) is 7.92. The average molecular weight is 428 g/mol. The summed E-state index contributed by atoms with van der Waals surface area (Å²) in [6.45, 7) is -0.137. The van der Waals surface area contributed by atoms with Gasteiger partial charge < -0.3 is 60.2 Å². The number of ether oxygens (including phenoxy) is 3. The molecule has 2 rings (SSSR count). The van der Waals surface area contributed by atoms with Gasteiger partial charge >= 0.3 is 5.97 Å². The van der Waals surface area contributed by atoms with Crippen LogP contribution in [0.4, 0.5) is 0 Å². The summed E-state index contributed by atoms with van der Waals surface area (Å²) in [5.41, 5.74) is 0. The number of aliphatic carboxylic acids is 1. The highest BCUT2D eigenvalue weighted by Gasteiger charge is 2.55. The molecule has 0 amide bonds. The smallest absolute Gasteiger partial charge is 0.364 e. The molecular formula is C16H28O13. The third-order valence-electron chi connectivity index (χ3n) is 5.34. The van der Waals surface area contributed by atoms with Gasteiger partial charge in [-0.15, -0.1) is 0 Å². The van der Waals surface area contributed by atoms with Gasteiger partial charge in [0, 0.05) is 12.3 Å². The minimum absolute atomic E-state index is 0.585. The van der Waals surface area contributed by atoms with Crippen LogP contribution in [0.3, 0.4) is 0 Å². The van der Waals surface area contributed by atoms with Crippen LogP contribution in [0.25, 0.3) is 0 Å². The monoisotopic (exact) mass is 428 g/mol. The van der Waals surface area contributed by atoms with Crippen molar-refractivity contribution >= 4 is 5.97 Å². The molecule has 13 heteroatoms. The molecular weight excluding hydrogens is 400 g/mol. The number of aliphatic hydroxyl groups is 8. The third kappa shape index (κ3) is 4.86. The van der Waals surface area contributed by atoms with Crippen LogP contribution in [0.5, 0.6) is 0 Å². The minimum atomic E-state index is -2.53. The molecule has 2 aliphatic heterocycles. The van der Waals surface area contributed by atoms with Gasteiger partial charge in [0.25, 0.3) is 5.79 Å². The first-order valence-corrected chi connectivity index (χ1v) is 9.03. The van der Waals surface area contributed by atoms with Crippen LogP contribution >= 0.6 is 0 Å². The van der Waals surface area contributed by atoms with Gasteiger partial charge in [-0.3, -0.25) is 0 Å². The fraction of sp³-hybridized carbons (Fsp3) is 0.938. The molecule has 0 aromatic rings. The molecule has 0 saturated carbocycles. The minimum Gasteiger partial charge on any atom is -0.477 e. The van der Waals surface area contributed by atoms with Gasteiger partial charge in [0.05, 0.1) is 25.4 Å². The van der Waals surface area contributed by atoms with E-state index in [-0.39, 0.29) is 0 Å². The molecule has 9 N–H and O–H groups in total. The van der Waals surface area contributed by atoms with Crippen LogP contribution in [0, 0.1) is 5.92 Å². The maximum Gasteiger partial charge on any atom is 0.364 e. The molecule has 2 saturated heterocycles. The summed E-state index contributed by atoms with van der Waals surface area (Å²) >= 11 is 0. The SMILES string of the molecule is C[C@H]1C([C@H](O)[C@H](O)CO)O[C@@](OCC2O[C@@H](O)C(O)[C@@H](O)[C@@H]2O)(C(=O)O)C[C@H]1O. The van der Waals surface area contributed by atoms with E-state index < -0.39 is 92.4 Å². The van der Waals surface area contributed by atoms with E-state index in [1.807, 2.05) is 0 Å². The van der Waals surface area contributed by atoms with E-state index in [4.69, 9.17) is 19.3 Å². The number of carboxylic acid groups (broad SMARTS) is 1. The van der Waals surface area contributed by atoms with Gasteiger partial charge in [-0.25, -0.2) is 4.79 Å². The maximum absolute atomic E-state index is 11.9. The second-order valence-electron chi connectivity index (χ2n) is 7.36. The van der Waals surface area contributed by atoms with Gasteiger partial charge in [0.15, 0.2) is 6.29 Å². The van der Waals surface area contributed by atoms with Crippen molar-refractivity contribution in [1.29, 1.82) is 0 Å². The lowest BCUT2D eigenvalue weighted by Gasteiger charge is -2.46. The molecule has 13 nitrogen and oxygen atoms in total. The number of hydrogen-bond acceptors (Lipinski definition) is 12. The number of carboxylic acids is 1. The van der Waals surface area contributed by atoms with Crippen molar-refractivity contribution in [3.63, 3.8) is 0 Å². The van der Waals surface area contributed by atoms with Crippen molar-refractivity contribution in [3.05, 3.63) is 0 Å². The Hall–Kier alpha value is -0.970. The van der Waals surface area contributed by atoms with Gasteiger partial charge in [-0.2, -0.15) is 0 Å². The van der Waals surface area contributed by atoms with Crippen molar-refractivity contribution < 1.29 is 65.0 Å². The number of hydrogen-bond donors (Lipinski definition) is 9. The highest BCUT2D eigenvalue weighted by molar-refractivity contribution is 5.76. The Balaban J connectivity index is 2.19. The van der Waals surface area contributed by atoms with E-state index in [2.05, 4.69) is 0 Å². The Morgan fingerprint density at radius 1 is 1.14 bits per heavy atom. The van der Waals surface area contributed by atoms with Crippen LogP contribution in [-0.2, 0) is 19.0 Å². The summed E-state index contributed by atoms with van der Waals surface area (Å²) in [4.78, 5) is 11.9. The molecule has 2 aliphatic rings. The second-order valence-corrected chi connectivity index (χ2v) is 7.36. The highest BCUT2D eigenvalue weighted by Crippen LogP contribution is 2.37. The molecule has 2 fully saturated rings. The van der Waals surface area contributed by atoms with Gasteiger partial charge in [-0.05, 0) is 0 Å². The number of rotatable bonds is 7. The Morgan fingerprint density at radius 3 is 2.31 bits per heavy atom. The van der Waals surface area contributed by atoms with Crippen LogP contribution < -0.4 is 0 Å². The Labute approximate surface area is 165 Å². The average Bonchev–Trinajstić information content (AvgIpc) is 2.69. The number of aliphatic hydroxyl groups excluding tert-OH is 8. The van der Waals surface area contributed by atoms with Crippen LogP contribution in [-0.4, -0.2) is 126 Å². The van der Waals surface area contributed by atoms with Crippen molar-refractivity contribution in [3.8, 4) is 0 Å². The first-order chi connectivity index (χ1) is 13.4. The van der Waals surface area contributed by atoms with Gasteiger partial charge in [-0.1, -0.05) is 6.92 Å². The van der Waals surface area contributed by atoms with E-state index >= 15 is 0 Å². The maximum atomic E-state index is 11.9. The molecule has 0 aromatic heterocycles. The largest absolute Gasteiger partial charge is 0.477 e. The molecule has 0 spiro atoms. The first-order valence-electron chi connectivity index (χ1n) is 9.03. The quantitative estimate of drug-likeness (QED) is 0.185. The molecule has 170 valence electrons. The Bertz CT molecular complexity index is 561. The van der Waals surface area contributed by atoms with E-state index in [1.54, 1.807) is 0 Å². The molecule has 0 aliphatic carbocycles. The summed E-state index contributed by atoms with van der Waals surface area (Å²) in [6.07, 6.45) is -15.4. The van der Waals surface area contributed by atoms with E-state index in [0.29, 0.717) is 0 Å². The lowest BCUT2D eigenvalue weighted by Crippen LogP contribution is -2.63. The predicted octanol–water partition coefficient (Wildman–Crippen LogP) is -4.92. The fourth-order valence-corrected chi connectivity index (χ4v) is 3.34. The molecule has 11 atom stereocenters. The zero-order valence-electron chi connectivity index (χ0n) is 15.6. The first kappa shape index (κ1) is 24.3. The summed E-state index contributed by atoms with van der Waals surface area (Å²) in [7, 11) is 0. The van der Waals surface area contributed by atoms with Crippen molar-refractivity contribution in [1.82, 2.24) is 0 Å². The normalized spacial score (nSPS) is 45.6. The molecule has 3 unspecified atom stereocenters. The molecule has 29 heavy (non-hydrogen) atoms. The summed E-state index contributed by atoms with van der Waals surface area (Å²) < 4.78 is 15.6. The fourth-order valence-electron chi connectivity index (χ4n) is 3.34. The molecule has 0 aromatic carbocycles. The summed E-state index contributed by atoms with van der Waals surface area (Å²) in [5, 5.41) is 87.4. The highest BCUT2D eigenvalue weighted by atomic mass is 16.7.